The van der Waals surface area contributed by atoms with Gasteiger partial charge in [-0.05, 0) is 19.3 Å². The van der Waals surface area contributed by atoms with Gasteiger partial charge in [-0.15, -0.1) is 0 Å². The number of hydrogen-bond acceptors (Lipinski definition) is 2. The molecule has 11 heavy (non-hydrogen) atoms. The van der Waals surface area contributed by atoms with Gasteiger partial charge in [0, 0.05) is 25.7 Å². The number of allylic oxidation sites excluding steroid dienone is 2. The Labute approximate surface area is 67.9 Å². The first-order valence-electron chi connectivity index (χ1n) is 4.08. The van der Waals surface area contributed by atoms with Crippen molar-refractivity contribution in [3.8, 4) is 0 Å². The number of hydrogen-bond donors (Lipinski definition) is 1. The molecule has 1 N–H and O–H groups in total. The first kappa shape index (κ1) is 8.75. The van der Waals surface area contributed by atoms with Crippen LogP contribution in [0.3, 0.4) is 0 Å². The lowest BCUT2D eigenvalue weighted by Crippen LogP contribution is -2.23. The van der Waals surface area contributed by atoms with Crippen molar-refractivity contribution in [1.82, 2.24) is 0 Å². The third-order valence-electron chi connectivity index (χ3n) is 2.44. The van der Waals surface area contributed by atoms with Crippen LogP contribution in [-0.2, 0) is 4.74 Å². The van der Waals surface area contributed by atoms with E-state index in [1.807, 2.05) is 0 Å². The SMILES string of the molecule is COCCC1(CO)CC=CC1. The van der Waals surface area contributed by atoms with Crippen molar-refractivity contribution in [2.24, 2.45) is 5.41 Å². The molecule has 0 saturated carbocycles. The second kappa shape index (κ2) is 3.88. The molecule has 0 fully saturated rings. The Hall–Kier alpha value is -0.340. The molecular weight excluding hydrogens is 140 g/mol. The molecule has 1 rings (SSSR count). The van der Waals surface area contributed by atoms with Gasteiger partial charge in [-0.1, -0.05) is 12.2 Å². The Bertz CT molecular complexity index is 132. The van der Waals surface area contributed by atoms with Crippen molar-refractivity contribution in [3.05, 3.63) is 12.2 Å². The average Bonchev–Trinajstić information content (AvgIpc) is 2.50. The number of rotatable bonds is 4. The lowest BCUT2D eigenvalue weighted by molar-refractivity contribution is 0.0845. The van der Waals surface area contributed by atoms with Crippen molar-refractivity contribution in [3.63, 3.8) is 0 Å². The summed E-state index contributed by atoms with van der Waals surface area (Å²) in [5.74, 6) is 0. The zero-order valence-electron chi connectivity index (χ0n) is 7.05. The minimum atomic E-state index is 0.107. The number of ether oxygens (including phenoxy) is 1. The maximum absolute atomic E-state index is 9.15. The Morgan fingerprint density at radius 3 is 2.55 bits per heavy atom. The monoisotopic (exact) mass is 156 g/mol. The van der Waals surface area contributed by atoms with Crippen LogP contribution < -0.4 is 0 Å². The molecule has 0 bridgehead atoms. The van der Waals surface area contributed by atoms with Crippen LogP contribution in [0.2, 0.25) is 0 Å². The fraction of sp³-hybridized carbons (Fsp3) is 0.778. The summed E-state index contributed by atoms with van der Waals surface area (Å²) < 4.78 is 4.99. The third-order valence-corrected chi connectivity index (χ3v) is 2.44. The van der Waals surface area contributed by atoms with Crippen LogP contribution in [0.25, 0.3) is 0 Å². The molecule has 2 nitrogen and oxygen atoms in total. The summed E-state index contributed by atoms with van der Waals surface area (Å²) in [6, 6.07) is 0. The van der Waals surface area contributed by atoms with E-state index in [-0.39, 0.29) is 12.0 Å². The van der Waals surface area contributed by atoms with Gasteiger partial charge in [0.25, 0.3) is 0 Å². The highest BCUT2D eigenvalue weighted by molar-refractivity contribution is 5.02. The molecule has 0 radical (unpaired) electrons. The van der Waals surface area contributed by atoms with Gasteiger partial charge in [-0.2, -0.15) is 0 Å². The topological polar surface area (TPSA) is 29.5 Å². The quantitative estimate of drug-likeness (QED) is 0.623. The van der Waals surface area contributed by atoms with E-state index >= 15 is 0 Å². The van der Waals surface area contributed by atoms with Gasteiger partial charge in [-0.3, -0.25) is 0 Å². The molecule has 1 aliphatic rings. The molecule has 0 heterocycles. The molecule has 1 aliphatic carbocycles. The maximum Gasteiger partial charge on any atom is 0.0494 e. The van der Waals surface area contributed by atoms with E-state index in [1.54, 1.807) is 7.11 Å². The first-order chi connectivity index (χ1) is 5.33. The molecule has 0 aromatic rings. The largest absolute Gasteiger partial charge is 0.396 e. The van der Waals surface area contributed by atoms with E-state index in [0.29, 0.717) is 0 Å². The van der Waals surface area contributed by atoms with Gasteiger partial charge >= 0.3 is 0 Å². The molecule has 64 valence electrons. The highest BCUT2D eigenvalue weighted by Gasteiger charge is 2.29. The van der Waals surface area contributed by atoms with E-state index in [1.165, 1.54) is 0 Å². The van der Waals surface area contributed by atoms with Crippen molar-refractivity contribution in [2.45, 2.75) is 19.3 Å². The molecule has 0 aromatic heterocycles. The Morgan fingerprint density at radius 2 is 2.09 bits per heavy atom. The molecule has 0 unspecified atom stereocenters. The summed E-state index contributed by atoms with van der Waals surface area (Å²) in [5, 5.41) is 9.15. The minimum absolute atomic E-state index is 0.107. The minimum Gasteiger partial charge on any atom is -0.396 e. The molecule has 0 amide bonds. The van der Waals surface area contributed by atoms with Crippen molar-refractivity contribution in [2.75, 3.05) is 20.3 Å². The summed E-state index contributed by atoms with van der Waals surface area (Å²) in [4.78, 5) is 0. The highest BCUT2D eigenvalue weighted by atomic mass is 16.5. The first-order valence-corrected chi connectivity index (χ1v) is 4.08. The van der Waals surface area contributed by atoms with E-state index < -0.39 is 0 Å². The van der Waals surface area contributed by atoms with Crippen molar-refractivity contribution in [1.29, 1.82) is 0 Å². The van der Waals surface area contributed by atoms with E-state index in [4.69, 9.17) is 9.84 Å². The lowest BCUT2D eigenvalue weighted by Gasteiger charge is -2.25. The molecule has 0 aromatic carbocycles. The Balaban J connectivity index is 2.35. The highest BCUT2D eigenvalue weighted by Crippen LogP contribution is 2.35. The predicted octanol–water partition coefficient (Wildman–Crippen LogP) is 1.35. The van der Waals surface area contributed by atoms with Gasteiger partial charge in [-0.25, -0.2) is 0 Å². The van der Waals surface area contributed by atoms with Crippen LogP contribution in [0.15, 0.2) is 12.2 Å². The summed E-state index contributed by atoms with van der Waals surface area (Å²) in [6.45, 7) is 1.03. The zero-order valence-corrected chi connectivity index (χ0v) is 7.05. The standard InChI is InChI=1S/C9H16O2/c1-11-7-6-9(8-10)4-2-3-5-9/h2-3,10H,4-8H2,1H3. The maximum atomic E-state index is 9.15. The predicted molar refractivity (Wildman–Crippen MR) is 44.4 cm³/mol. The lowest BCUT2D eigenvalue weighted by atomic mass is 9.83. The molecule has 0 saturated heterocycles. The van der Waals surface area contributed by atoms with Gasteiger partial charge < -0.3 is 9.84 Å². The third kappa shape index (κ3) is 2.04. The van der Waals surface area contributed by atoms with Crippen LogP contribution in [0.5, 0.6) is 0 Å². The van der Waals surface area contributed by atoms with Gasteiger partial charge in [0.1, 0.15) is 0 Å². The van der Waals surface area contributed by atoms with Crippen LogP contribution in [0, 0.1) is 5.41 Å². The summed E-state index contributed by atoms with van der Waals surface area (Å²) in [6.07, 6.45) is 7.27. The van der Waals surface area contributed by atoms with Crippen molar-refractivity contribution >= 4 is 0 Å². The van der Waals surface area contributed by atoms with Crippen LogP contribution in [0.1, 0.15) is 19.3 Å². The Morgan fingerprint density at radius 1 is 1.45 bits per heavy atom. The number of methoxy groups -OCH3 is 1. The molecule has 0 atom stereocenters. The molecular formula is C9H16O2. The molecule has 2 heteroatoms. The normalized spacial score (nSPS) is 20.9. The second-order valence-corrected chi connectivity index (χ2v) is 3.28. The fourth-order valence-corrected chi connectivity index (χ4v) is 1.48. The van der Waals surface area contributed by atoms with Crippen LogP contribution >= 0.6 is 0 Å². The number of aliphatic hydroxyl groups is 1. The van der Waals surface area contributed by atoms with Gasteiger partial charge in [0.2, 0.25) is 0 Å². The number of aliphatic hydroxyl groups excluding tert-OH is 1. The van der Waals surface area contributed by atoms with Gasteiger partial charge in [0.15, 0.2) is 0 Å². The second-order valence-electron chi connectivity index (χ2n) is 3.28. The van der Waals surface area contributed by atoms with Crippen LogP contribution in [-0.4, -0.2) is 25.4 Å². The van der Waals surface area contributed by atoms with E-state index in [9.17, 15) is 0 Å². The Kier molecular flexibility index (Phi) is 3.09. The fourth-order valence-electron chi connectivity index (χ4n) is 1.48. The smallest absolute Gasteiger partial charge is 0.0494 e. The van der Waals surface area contributed by atoms with E-state index in [2.05, 4.69) is 12.2 Å². The van der Waals surface area contributed by atoms with E-state index in [0.717, 1.165) is 25.9 Å². The summed E-state index contributed by atoms with van der Waals surface area (Å²) in [5.41, 5.74) is 0.107. The summed E-state index contributed by atoms with van der Waals surface area (Å²) in [7, 11) is 1.70. The van der Waals surface area contributed by atoms with Gasteiger partial charge in [0.05, 0.1) is 0 Å². The van der Waals surface area contributed by atoms with Crippen LogP contribution in [0.4, 0.5) is 0 Å². The summed E-state index contributed by atoms with van der Waals surface area (Å²) >= 11 is 0. The molecule has 0 spiro atoms. The van der Waals surface area contributed by atoms with Crippen molar-refractivity contribution < 1.29 is 9.84 Å². The molecule has 0 aliphatic heterocycles. The zero-order chi connectivity index (χ0) is 8.16. The average molecular weight is 156 g/mol.